The molecule has 0 bridgehead atoms. The molecule has 0 fully saturated rings. The maximum atomic E-state index is 13.9. The molecular formula is C25H26FN3O3. The van der Waals surface area contributed by atoms with Crippen LogP contribution in [0.25, 0.3) is 0 Å². The molecule has 3 aromatic rings. The molecule has 0 unspecified atom stereocenters. The van der Waals surface area contributed by atoms with Gasteiger partial charge in [-0.15, -0.1) is 6.58 Å². The Morgan fingerprint density at radius 2 is 1.72 bits per heavy atom. The number of amides is 3. The lowest BCUT2D eigenvalue weighted by Crippen LogP contribution is -2.44. The Hall–Kier alpha value is -3.87. The molecule has 0 aliphatic carbocycles. The molecule has 3 rings (SSSR count). The first kappa shape index (κ1) is 22.8. The molecule has 0 aliphatic rings. The number of hydrogen-bond donors (Lipinski definition) is 1. The molecule has 0 saturated carbocycles. The predicted octanol–water partition coefficient (Wildman–Crippen LogP) is 4.98. The summed E-state index contributed by atoms with van der Waals surface area (Å²) in [4.78, 5) is 28.9. The minimum Gasteiger partial charge on any atom is -0.464 e. The third kappa shape index (κ3) is 6.31. The molecule has 1 heterocycles. The lowest BCUT2D eigenvalue weighted by molar-refractivity contribution is -0.133. The quantitative estimate of drug-likeness (QED) is 0.482. The highest BCUT2D eigenvalue weighted by atomic mass is 19.1. The summed E-state index contributed by atoms with van der Waals surface area (Å²) in [5.41, 5.74) is 1.00. The number of nitrogens with zero attached hydrogens (tertiary/aromatic N) is 2. The average Bonchev–Trinajstić information content (AvgIpc) is 3.19. The number of hydrogen-bond acceptors (Lipinski definition) is 3. The van der Waals surface area contributed by atoms with Crippen molar-refractivity contribution >= 4 is 17.6 Å². The highest BCUT2D eigenvalue weighted by Crippen LogP contribution is 2.15. The number of aryl methyl sites for hydroxylation is 1. The number of carbonyl (C=O) groups excluding carboxylic acids is 2. The van der Waals surface area contributed by atoms with Gasteiger partial charge in [0, 0.05) is 13.1 Å². The number of rotatable bonds is 9. The number of carbonyl (C=O) groups is 2. The fourth-order valence-electron chi connectivity index (χ4n) is 3.19. The van der Waals surface area contributed by atoms with Crippen molar-refractivity contribution < 1.29 is 18.4 Å². The first-order valence-corrected chi connectivity index (χ1v) is 10.2. The van der Waals surface area contributed by atoms with E-state index < -0.39 is 11.8 Å². The fourth-order valence-corrected chi connectivity index (χ4v) is 3.19. The average molecular weight is 435 g/mol. The number of urea groups is 1. The van der Waals surface area contributed by atoms with Gasteiger partial charge in [-0.05, 0) is 36.8 Å². The number of furan rings is 1. The molecule has 166 valence electrons. The van der Waals surface area contributed by atoms with Gasteiger partial charge in [0.15, 0.2) is 0 Å². The third-order valence-electron chi connectivity index (χ3n) is 4.79. The van der Waals surface area contributed by atoms with Gasteiger partial charge in [-0.3, -0.25) is 4.79 Å². The smallest absolute Gasteiger partial charge is 0.322 e. The van der Waals surface area contributed by atoms with E-state index in [4.69, 9.17) is 4.42 Å². The van der Waals surface area contributed by atoms with Gasteiger partial charge in [0.25, 0.3) is 0 Å². The van der Waals surface area contributed by atoms with E-state index in [9.17, 15) is 14.0 Å². The number of benzene rings is 2. The first-order chi connectivity index (χ1) is 15.5. The van der Waals surface area contributed by atoms with Crippen molar-refractivity contribution in [3.05, 3.63) is 102 Å². The predicted molar refractivity (Wildman–Crippen MR) is 121 cm³/mol. The summed E-state index contributed by atoms with van der Waals surface area (Å²) < 4.78 is 19.6. The van der Waals surface area contributed by atoms with Crippen molar-refractivity contribution in [2.45, 2.75) is 20.0 Å². The SMILES string of the molecule is C=CCN(CC(=O)N(Cc1ccccc1)Cc1ccc(C)o1)C(=O)Nc1ccccc1F. The fraction of sp³-hybridized carbons (Fsp3) is 0.200. The van der Waals surface area contributed by atoms with E-state index in [2.05, 4.69) is 11.9 Å². The van der Waals surface area contributed by atoms with Crippen molar-refractivity contribution in [2.24, 2.45) is 0 Å². The molecule has 7 heteroatoms. The Labute approximate surface area is 186 Å². The van der Waals surface area contributed by atoms with Crippen LogP contribution >= 0.6 is 0 Å². The van der Waals surface area contributed by atoms with Crippen LogP contribution in [-0.4, -0.2) is 34.8 Å². The van der Waals surface area contributed by atoms with E-state index in [0.717, 1.165) is 11.3 Å². The van der Waals surface area contributed by atoms with E-state index in [-0.39, 0.29) is 31.2 Å². The molecule has 6 nitrogen and oxygen atoms in total. The molecule has 0 radical (unpaired) electrons. The van der Waals surface area contributed by atoms with Gasteiger partial charge in [-0.2, -0.15) is 0 Å². The second-order valence-electron chi connectivity index (χ2n) is 7.33. The van der Waals surface area contributed by atoms with Crippen LogP contribution in [0.2, 0.25) is 0 Å². The van der Waals surface area contributed by atoms with E-state index in [1.165, 1.54) is 29.2 Å². The minimum atomic E-state index is -0.586. The van der Waals surface area contributed by atoms with Crippen molar-refractivity contribution in [2.75, 3.05) is 18.4 Å². The molecule has 3 amide bonds. The largest absolute Gasteiger partial charge is 0.464 e. The highest BCUT2D eigenvalue weighted by Gasteiger charge is 2.22. The minimum absolute atomic E-state index is 0.0474. The zero-order chi connectivity index (χ0) is 22.9. The number of anilines is 1. The van der Waals surface area contributed by atoms with E-state index >= 15 is 0 Å². The van der Waals surface area contributed by atoms with Crippen LogP contribution in [0.4, 0.5) is 14.9 Å². The highest BCUT2D eigenvalue weighted by molar-refractivity contribution is 5.92. The molecule has 1 aromatic heterocycles. The third-order valence-corrected chi connectivity index (χ3v) is 4.79. The van der Waals surface area contributed by atoms with Gasteiger partial charge < -0.3 is 19.5 Å². The van der Waals surface area contributed by atoms with Gasteiger partial charge in [-0.25, -0.2) is 9.18 Å². The monoisotopic (exact) mass is 435 g/mol. The Bertz CT molecular complexity index is 1070. The summed E-state index contributed by atoms with van der Waals surface area (Å²) in [5, 5.41) is 2.52. The Morgan fingerprint density at radius 3 is 2.38 bits per heavy atom. The van der Waals surface area contributed by atoms with Crippen LogP contribution in [0.1, 0.15) is 17.1 Å². The number of halogens is 1. The summed E-state index contributed by atoms with van der Waals surface area (Å²) in [7, 11) is 0. The van der Waals surface area contributed by atoms with Crippen LogP contribution in [0.3, 0.4) is 0 Å². The maximum Gasteiger partial charge on any atom is 0.322 e. The molecule has 0 atom stereocenters. The zero-order valence-corrected chi connectivity index (χ0v) is 18.0. The van der Waals surface area contributed by atoms with Crippen molar-refractivity contribution in [1.82, 2.24) is 9.80 Å². The Balaban J connectivity index is 1.75. The van der Waals surface area contributed by atoms with Gasteiger partial charge in [-0.1, -0.05) is 48.5 Å². The molecule has 32 heavy (non-hydrogen) atoms. The molecule has 0 spiro atoms. The maximum absolute atomic E-state index is 13.9. The first-order valence-electron chi connectivity index (χ1n) is 10.2. The Morgan fingerprint density at radius 1 is 1.00 bits per heavy atom. The number of nitrogens with one attached hydrogen (secondary N) is 1. The summed E-state index contributed by atoms with van der Waals surface area (Å²) in [6, 6.07) is 18.5. The molecule has 1 N–H and O–H groups in total. The van der Waals surface area contributed by atoms with Gasteiger partial charge in [0.2, 0.25) is 5.91 Å². The lowest BCUT2D eigenvalue weighted by atomic mass is 10.2. The van der Waals surface area contributed by atoms with E-state index in [1.807, 2.05) is 49.4 Å². The van der Waals surface area contributed by atoms with E-state index in [1.54, 1.807) is 11.0 Å². The van der Waals surface area contributed by atoms with Crippen LogP contribution in [0, 0.1) is 12.7 Å². The summed E-state index contributed by atoms with van der Waals surface area (Å²) in [6.07, 6.45) is 1.52. The van der Waals surface area contributed by atoms with Gasteiger partial charge in [0.05, 0.1) is 12.2 Å². The summed E-state index contributed by atoms with van der Waals surface area (Å²) >= 11 is 0. The van der Waals surface area contributed by atoms with Crippen LogP contribution in [-0.2, 0) is 17.9 Å². The van der Waals surface area contributed by atoms with Crippen LogP contribution in [0.5, 0.6) is 0 Å². The molecule has 0 aliphatic heterocycles. The second kappa shape index (κ2) is 10.9. The zero-order valence-electron chi connectivity index (χ0n) is 18.0. The topological polar surface area (TPSA) is 65.8 Å². The van der Waals surface area contributed by atoms with Gasteiger partial charge >= 0.3 is 6.03 Å². The van der Waals surface area contributed by atoms with Crippen molar-refractivity contribution in [3.8, 4) is 0 Å². The van der Waals surface area contributed by atoms with Crippen molar-refractivity contribution in [1.29, 1.82) is 0 Å². The molecule has 2 aromatic carbocycles. The lowest BCUT2D eigenvalue weighted by Gasteiger charge is -2.27. The van der Waals surface area contributed by atoms with Crippen molar-refractivity contribution in [3.63, 3.8) is 0 Å². The second-order valence-corrected chi connectivity index (χ2v) is 7.33. The summed E-state index contributed by atoms with van der Waals surface area (Å²) in [5.74, 6) is 0.584. The van der Waals surface area contributed by atoms with E-state index in [0.29, 0.717) is 12.3 Å². The standard InChI is InChI=1S/C25H26FN3O3/c1-3-15-28(25(31)27-23-12-8-7-11-22(23)26)18-24(30)29(16-20-9-5-4-6-10-20)17-21-14-13-19(2)32-21/h3-14H,1,15-18H2,2H3,(H,27,31). The van der Waals surface area contributed by atoms with Gasteiger partial charge in [0.1, 0.15) is 23.9 Å². The van der Waals surface area contributed by atoms with Crippen LogP contribution < -0.4 is 5.32 Å². The molecule has 0 saturated heterocycles. The normalized spacial score (nSPS) is 10.4. The van der Waals surface area contributed by atoms with Crippen LogP contribution in [0.15, 0.2) is 83.8 Å². The Kier molecular flexibility index (Phi) is 7.80. The molecular weight excluding hydrogens is 409 g/mol. The number of para-hydroxylation sites is 1. The summed E-state index contributed by atoms with van der Waals surface area (Å²) in [6.45, 7) is 6.06.